The van der Waals surface area contributed by atoms with Gasteiger partial charge in [0.05, 0.1) is 32.5 Å². The van der Waals surface area contributed by atoms with Crippen molar-refractivity contribution in [1.29, 1.82) is 5.26 Å². The normalized spacial score (nSPS) is 22.3. The van der Waals surface area contributed by atoms with E-state index in [2.05, 4.69) is 11.4 Å². The molecule has 0 radical (unpaired) electrons. The lowest BCUT2D eigenvalue weighted by molar-refractivity contribution is -0.117. The van der Waals surface area contributed by atoms with Crippen LogP contribution in [0.5, 0.6) is 0 Å². The first-order chi connectivity index (χ1) is 14.6. The van der Waals surface area contributed by atoms with E-state index in [1.807, 2.05) is 0 Å². The summed E-state index contributed by atoms with van der Waals surface area (Å²) in [5, 5.41) is 13.0. The van der Waals surface area contributed by atoms with Crippen LogP contribution in [0, 0.1) is 22.7 Å². The second kappa shape index (κ2) is 8.14. The number of benzene rings is 2. The summed E-state index contributed by atoms with van der Waals surface area (Å²) in [5.74, 6) is -1.79. The zero-order chi connectivity index (χ0) is 22.6. The summed E-state index contributed by atoms with van der Waals surface area (Å²) >= 11 is 31.0. The fraction of sp³-hybridized carbons (Fsp3) is 0.318. The van der Waals surface area contributed by atoms with E-state index in [9.17, 15) is 14.9 Å². The lowest BCUT2D eigenvalue weighted by Crippen LogP contribution is -2.17. The van der Waals surface area contributed by atoms with Gasteiger partial charge in [0.15, 0.2) is 5.78 Å². The molecule has 2 fully saturated rings. The van der Waals surface area contributed by atoms with Crippen LogP contribution >= 0.6 is 58.0 Å². The van der Waals surface area contributed by atoms with Crippen LogP contribution in [0.3, 0.4) is 0 Å². The summed E-state index contributed by atoms with van der Waals surface area (Å²) in [5.41, 5.74) is 0.777. The number of carbonyl (C=O) groups is 2. The lowest BCUT2D eigenvalue weighted by atomic mass is 9.96. The topological polar surface area (TPSA) is 70.0 Å². The standard InChI is InChI=1S/C22H15Cl5N2O2/c23-14-4-2-12(8-13(14)17(30)9-21(10-28)5-6-21)29-20(31)19-18(22(19,26)27)11-1-3-15(24)16(25)7-11/h1-4,7-8,18-19H,5-6,9H2,(H,29,31). The summed E-state index contributed by atoms with van der Waals surface area (Å²) in [6, 6.07) is 11.8. The number of rotatable bonds is 6. The SMILES string of the molecule is N#CC1(CC(=O)c2cc(NC(=O)C3C(c4ccc(Cl)c(Cl)c4)C3(Cl)Cl)ccc2Cl)CC1. The van der Waals surface area contributed by atoms with Gasteiger partial charge in [-0.05, 0) is 48.7 Å². The summed E-state index contributed by atoms with van der Waals surface area (Å²) in [7, 11) is 0. The van der Waals surface area contributed by atoms with E-state index >= 15 is 0 Å². The van der Waals surface area contributed by atoms with Crippen molar-refractivity contribution >= 4 is 75.4 Å². The summed E-state index contributed by atoms with van der Waals surface area (Å²) < 4.78 is -1.29. The molecule has 2 aromatic carbocycles. The van der Waals surface area contributed by atoms with E-state index in [4.69, 9.17) is 58.0 Å². The molecule has 4 rings (SSSR count). The van der Waals surface area contributed by atoms with E-state index in [-0.39, 0.29) is 22.8 Å². The Morgan fingerprint density at radius 3 is 2.32 bits per heavy atom. The number of hydrogen-bond donors (Lipinski definition) is 1. The molecule has 0 heterocycles. The molecular formula is C22H15Cl5N2O2. The van der Waals surface area contributed by atoms with E-state index in [0.29, 0.717) is 34.1 Å². The zero-order valence-corrected chi connectivity index (χ0v) is 19.7. The molecule has 0 saturated heterocycles. The highest BCUT2D eigenvalue weighted by Gasteiger charge is 2.67. The average molecular weight is 517 g/mol. The fourth-order valence-electron chi connectivity index (χ4n) is 3.69. The summed E-state index contributed by atoms with van der Waals surface area (Å²) in [6.07, 6.45) is 1.51. The third kappa shape index (κ3) is 4.40. The van der Waals surface area contributed by atoms with Crippen molar-refractivity contribution in [1.82, 2.24) is 0 Å². The van der Waals surface area contributed by atoms with E-state index < -0.39 is 27.5 Å². The Kier molecular flexibility index (Phi) is 5.96. The quantitative estimate of drug-likeness (QED) is 0.330. The van der Waals surface area contributed by atoms with Crippen LogP contribution in [-0.4, -0.2) is 16.0 Å². The molecule has 2 saturated carbocycles. The number of nitrogens with one attached hydrogen (secondary N) is 1. The van der Waals surface area contributed by atoms with Gasteiger partial charge < -0.3 is 5.32 Å². The second-order valence-electron chi connectivity index (χ2n) is 7.98. The minimum Gasteiger partial charge on any atom is -0.326 e. The highest BCUT2D eigenvalue weighted by Crippen LogP contribution is 2.65. The van der Waals surface area contributed by atoms with Crippen LogP contribution in [-0.2, 0) is 4.79 Å². The van der Waals surface area contributed by atoms with Crippen LogP contribution in [0.1, 0.15) is 41.1 Å². The first-order valence-corrected chi connectivity index (χ1v) is 11.3. The molecule has 1 N–H and O–H groups in total. The number of hydrogen-bond acceptors (Lipinski definition) is 3. The number of halogens is 5. The molecule has 160 valence electrons. The Labute approximate surface area is 204 Å². The lowest BCUT2D eigenvalue weighted by Gasteiger charge is -2.10. The van der Waals surface area contributed by atoms with Crippen LogP contribution in [0.15, 0.2) is 36.4 Å². The van der Waals surface area contributed by atoms with Crippen molar-refractivity contribution in [3.63, 3.8) is 0 Å². The molecule has 31 heavy (non-hydrogen) atoms. The maximum absolute atomic E-state index is 12.9. The Balaban J connectivity index is 1.50. The van der Waals surface area contributed by atoms with Gasteiger partial charge >= 0.3 is 0 Å². The molecule has 0 bridgehead atoms. The molecule has 4 nitrogen and oxygen atoms in total. The molecular weight excluding hydrogens is 502 g/mol. The number of nitrogens with zero attached hydrogens (tertiary/aromatic N) is 1. The third-order valence-electron chi connectivity index (χ3n) is 5.76. The molecule has 2 aliphatic rings. The first kappa shape index (κ1) is 22.7. The van der Waals surface area contributed by atoms with Gasteiger partial charge in [-0.2, -0.15) is 5.26 Å². The van der Waals surface area contributed by atoms with E-state index in [1.165, 1.54) is 12.1 Å². The van der Waals surface area contributed by atoms with Gasteiger partial charge in [-0.1, -0.05) is 40.9 Å². The van der Waals surface area contributed by atoms with Gasteiger partial charge in [0.25, 0.3) is 0 Å². The summed E-state index contributed by atoms with van der Waals surface area (Å²) in [6.45, 7) is 0. The highest BCUT2D eigenvalue weighted by atomic mass is 35.5. The minimum atomic E-state index is -1.29. The predicted octanol–water partition coefficient (Wildman–Crippen LogP) is 7.05. The maximum Gasteiger partial charge on any atom is 0.231 e. The van der Waals surface area contributed by atoms with Gasteiger partial charge in [-0.3, -0.25) is 9.59 Å². The number of alkyl halides is 2. The fourth-order valence-corrected chi connectivity index (χ4v) is 5.05. The van der Waals surface area contributed by atoms with Crippen molar-refractivity contribution in [2.75, 3.05) is 5.32 Å². The van der Waals surface area contributed by atoms with Crippen molar-refractivity contribution in [2.45, 2.75) is 29.5 Å². The number of anilines is 1. The molecule has 2 unspecified atom stereocenters. The average Bonchev–Trinajstić information content (AvgIpc) is 3.60. The maximum atomic E-state index is 12.9. The zero-order valence-electron chi connectivity index (χ0n) is 15.9. The largest absolute Gasteiger partial charge is 0.326 e. The van der Waals surface area contributed by atoms with E-state index in [1.54, 1.807) is 24.3 Å². The second-order valence-corrected chi connectivity index (χ2v) is 10.6. The van der Waals surface area contributed by atoms with Crippen LogP contribution in [0.2, 0.25) is 15.1 Å². The van der Waals surface area contributed by atoms with Crippen molar-refractivity contribution in [2.24, 2.45) is 11.3 Å². The number of Topliss-reactive ketones (excluding diaryl/α,β-unsaturated/α-hetero) is 1. The smallest absolute Gasteiger partial charge is 0.231 e. The van der Waals surface area contributed by atoms with Crippen molar-refractivity contribution in [3.05, 3.63) is 62.6 Å². The van der Waals surface area contributed by atoms with Crippen molar-refractivity contribution < 1.29 is 9.59 Å². The van der Waals surface area contributed by atoms with Gasteiger partial charge in [0, 0.05) is 23.6 Å². The van der Waals surface area contributed by atoms with Gasteiger partial charge in [-0.15, -0.1) is 23.2 Å². The molecule has 2 aliphatic carbocycles. The number of carbonyl (C=O) groups excluding carboxylic acids is 2. The highest BCUT2D eigenvalue weighted by molar-refractivity contribution is 6.53. The molecule has 0 aliphatic heterocycles. The predicted molar refractivity (Wildman–Crippen MR) is 123 cm³/mol. The Bertz CT molecular complexity index is 1140. The van der Waals surface area contributed by atoms with Gasteiger partial charge in [-0.25, -0.2) is 0 Å². The Hall–Kier alpha value is -1.48. The van der Waals surface area contributed by atoms with Crippen LogP contribution in [0.4, 0.5) is 5.69 Å². The Morgan fingerprint density at radius 2 is 1.71 bits per heavy atom. The van der Waals surface area contributed by atoms with Crippen LogP contribution in [0.25, 0.3) is 0 Å². The molecule has 0 aromatic heterocycles. The van der Waals surface area contributed by atoms with Gasteiger partial charge in [0.2, 0.25) is 5.91 Å². The first-order valence-electron chi connectivity index (χ1n) is 9.46. The third-order valence-corrected chi connectivity index (χ3v) is 7.77. The minimum absolute atomic E-state index is 0.106. The van der Waals surface area contributed by atoms with Crippen LogP contribution < -0.4 is 5.32 Å². The molecule has 2 aromatic rings. The number of amides is 1. The van der Waals surface area contributed by atoms with Gasteiger partial charge in [0.1, 0.15) is 4.33 Å². The molecule has 9 heteroatoms. The monoisotopic (exact) mass is 514 g/mol. The van der Waals surface area contributed by atoms with Crippen molar-refractivity contribution in [3.8, 4) is 6.07 Å². The molecule has 2 atom stereocenters. The van der Waals surface area contributed by atoms with E-state index in [0.717, 1.165) is 0 Å². The molecule has 0 spiro atoms. The number of nitriles is 1. The number of ketones is 1. The summed E-state index contributed by atoms with van der Waals surface area (Å²) in [4.78, 5) is 25.5. The Morgan fingerprint density at radius 1 is 1.03 bits per heavy atom. The molecule has 1 amide bonds.